The summed E-state index contributed by atoms with van der Waals surface area (Å²) in [6.07, 6.45) is 6.76. The Labute approximate surface area is 61.8 Å². The zero-order valence-electron chi connectivity index (χ0n) is 6.25. The highest BCUT2D eigenvalue weighted by Crippen LogP contribution is 2.51. The van der Waals surface area contributed by atoms with Crippen molar-refractivity contribution in [3.8, 4) is 0 Å². The molecule has 0 radical (unpaired) electrons. The maximum absolute atomic E-state index is 5.35. The van der Waals surface area contributed by atoms with Gasteiger partial charge in [-0.15, -0.1) is 0 Å². The average molecular weight is 138 g/mol. The quantitative estimate of drug-likeness (QED) is 0.503. The van der Waals surface area contributed by atoms with Gasteiger partial charge in [-0.1, -0.05) is 6.42 Å². The molecule has 0 N–H and O–H groups in total. The summed E-state index contributed by atoms with van der Waals surface area (Å²) in [4.78, 5) is 0. The van der Waals surface area contributed by atoms with Gasteiger partial charge in [0, 0.05) is 0 Å². The molecule has 0 aromatic rings. The first-order valence-electron chi connectivity index (χ1n) is 4.55. The summed E-state index contributed by atoms with van der Waals surface area (Å²) in [5, 5.41) is 0. The van der Waals surface area contributed by atoms with E-state index in [0.29, 0.717) is 6.10 Å². The van der Waals surface area contributed by atoms with Crippen LogP contribution in [-0.2, 0) is 4.74 Å². The Morgan fingerprint density at radius 2 is 2.00 bits per heavy atom. The standard InChI is InChI=1S/C9H14O/c1-2-7-3-6(1)4-8(7)9-5-10-9/h6-9H,1-5H2/t6-,7+,8+,9?/m1/s1. The normalized spacial score (nSPS) is 57.6. The van der Waals surface area contributed by atoms with Crippen molar-refractivity contribution >= 4 is 0 Å². The summed E-state index contributed by atoms with van der Waals surface area (Å²) >= 11 is 0. The van der Waals surface area contributed by atoms with Crippen LogP contribution in [0, 0.1) is 17.8 Å². The Kier molecular flexibility index (Phi) is 0.984. The van der Waals surface area contributed by atoms with Gasteiger partial charge in [0.25, 0.3) is 0 Å². The highest BCUT2D eigenvalue weighted by molar-refractivity contribution is 4.96. The minimum atomic E-state index is 0.704. The number of epoxide rings is 1. The first-order valence-corrected chi connectivity index (χ1v) is 4.55. The van der Waals surface area contributed by atoms with Crippen LogP contribution in [0.2, 0.25) is 0 Å². The summed E-state index contributed by atoms with van der Waals surface area (Å²) in [5.41, 5.74) is 0. The van der Waals surface area contributed by atoms with Crippen LogP contribution in [0.4, 0.5) is 0 Å². The molecule has 0 aromatic carbocycles. The van der Waals surface area contributed by atoms with Gasteiger partial charge in [-0.05, 0) is 37.0 Å². The Hall–Kier alpha value is -0.0400. The van der Waals surface area contributed by atoms with Gasteiger partial charge in [-0.2, -0.15) is 0 Å². The van der Waals surface area contributed by atoms with Crippen LogP contribution in [-0.4, -0.2) is 12.7 Å². The minimum absolute atomic E-state index is 0.704. The second-order valence-corrected chi connectivity index (χ2v) is 4.21. The summed E-state index contributed by atoms with van der Waals surface area (Å²) in [6.45, 7) is 1.08. The largest absolute Gasteiger partial charge is 0.373 e. The first-order chi connectivity index (χ1) is 4.93. The van der Waals surface area contributed by atoms with Crippen LogP contribution in [0.1, 0.15) is 25.7 Å². The van der Waals surface area contributed by atoms with Gasteiger partial charge in [0.2, 0.25) is 0 Å². The SMILES string of the molecule is C1OC1[C@H]1C[C@@H]2CC[C@H]1C2. The maximum Gasteiger partial charge on any atom is 0.0840 e. The number of ether oxygens (including phenoxy) is 1. The van der Waals surface area contributed by atoms with Crippen molar-refractivity contribution in [2.45, 2.75) is 31.8 Å². The molecule has 2 aliphatic carbocycles. The van der Waals surface area contributed by atoms with Crippen molar-refractivity contribution in [1.82, 2.24) is 0 Å². The molecule has 1 heterocycles. The van der Waals surface area contributed by atoms with E-state index in [1.54, 1.807) is 0 Å². The van der Waals surface area contributed by atoms with Gasteiger partial charge < -0.3 is 4.74 Å². The van der Waals surface area contributed by atoms with E-state index >= 15 is 0 Å². The fourth-order valence-electron chi connectivity index (χ4n) is 3.05. The van der Waals surface area contributed by atoms with Gasteiger partial charge >= 0.3 is 0 Å². The van der Waals surface area contributed by atoms with Crippen LogP contribution in [0.15, 0.2) is 0 Å². The zero-order chi connectivity index (χ0) is 6.55. The highest BCUT2D eigenvalue weighted by atomic mass is 16.6. The third-order valence-corrected chi connectivity index (χ3v) is 3.63. The Morgan fingerprint density at radius 3 is 2.50 bits per heavy atom. The number of rotatable bonds is 1. The second kappa shape index (κ2) is 1.76. The molecule has 3 fully saturated rings. The van der Waals surface area contributed by atoms with E-state index in [9.17, 15) is 0 Å². The molecule has 2 bridgehead atoms. The molecule has 3 aliphatic rings. The van der Waals surface area contributed by atoms with Crippen molar-refractivity contribution in [1.29, 1.82) is 0 Å². The Morgan fingerprint density at radius 1 is 1.10 bits per heavy atom. The molecule has 1 heteroatoms. The van der Waals surface area contributed by atoms with E-state index < -0.39 is 0 Å². The summed E-state index contributed by atoms with van der Waals surface area (Å²) in [5.74, 6) is 3.15. The molecular formula is C9H14O. The molecular weight excluding hydrogens is 124 g/mol. The maximum atomic E-state index is 5.35. The number of fused-ring (bicyclic) bond motifs is 2. The topological polar surface area (TPSA) is 12.5 Å². The smallest absolute Gasteiger partial charge is 0.0840 e. The van der Waals surface area contributed by atoms with Crippen molar-refractivity contribution < 1.29 is 4.74 Å². The molecule has 3 rings (SSSR count). The van der Waals surface area contributed by atoms with E-state index in [-0.39, 0.29) is 0 Å². The van der Waals surface area contributed by atoms with Crippen LogP contribution >= 0.6 is 0 Å². The van der Waals surface area contributed by atoms with Crippen molar-refractivity contribution in [2.24, 2.45) is 17.8 Å². The zero-order valence-corrected chi connectivity index (χ0v) is 6.25. The predicted octanol–water partition coefficient (Wildman–Crippen LogP) is 1.82. The molecule has 2 saturated carbocycles. The highest BCUT2D eigenvalue weighted by Gasteiger charge is 2.47. The molecule has 0 aromatic heterocycles. The van der Waals surface area contributed by atoms with Crippen LogP contribution in [0.3, 0.4) is 0 Å². The molecule has 10 heavy (non-hydrogen) atoms. The summed E-state index contributed by atoms with van der Waals surface area (Å²) < 4.78 is 5.35. The van der Waals surface area contributed by atoms with Crippen molar-refractivity contribution in [2.75, 3.05) is 6.61 Å². The summed E-state index contributed by atoms with van der Waals surface area (Å²) in [6, 6.07) is 0. The molecule has 1 saturated heterocycles. The lowest BCUT2D eigenvalue weighted by Crippen LogP contribution is -2.15. The van der Waals surface area contributed by atoms with Gasteiger partial charge in [0.1, 0.15) is 0 Å². The second-order valence-electron chi connectivity index (χ2n) is 4.21. The molecule has 1 nitrogen and oxygen atoms in total. The first kappa shape index (κ1) is 5.59. The fourth-order valence-corrected chi connectivity index (χ4v) is 3.05. The van der Waals surface area contributed by atoms with Crippen LogP contribution in [0.5, 0.6) is 0 Å². The number of hydrogen-bond acceptors (Lipinski definition) is 1. The Bertz CT molecular complexity index is 151. The monoisotopic (exact) mass is 138 g/mol. The van der Waals surface area contributed by atoms with E-state index in [1.165, 1.54) is 25.7 Å². The predicted molar refractivity (Wildman–Crippen MR) is 38.7 cm³/mol. The average Bonchev–Trinajstić information content (AvgIpc) is 2.60. The summed E-state index contributed by atoms with van der Waals surface area (Å²) in [7, 11) is 0. The van der Waals surface area contributed by atoms with E-state index in [4.69, 9.17) is 4.74 Å². The molecule has 1 unspecified atom stereocenters. The lowest BCUT2D eigenvalue weighted by Gasteiger charge is -2.18. The van der Waals surface area contributed by atoms with Gasteiger partial charge in [0.15, 0.2) is 0 Å². The van der Waals surface area contributed by atoms with Gasteiger partial charge in [0.05, 0.1) is 12.7 Å². The minimum Gasteiger partial charge on any atom is -0.373 e. The van der Waals surface area contributed by atoms with Crippen molar-refractivity contribution in [3.63, 3.8) is 0 Å². The van der Waals surface area contributed by atoms with E-state index in [1.807, 2.05) is 0 Å². The third kappa shape index (κ3) is 0.672. The number of hydrogen-bond donors (Lipinski definition) is 0. The lowest BCUT2D eigenvalue weighted by atomic mass is 9.87. The molecule has 0 amide bonds. The van der Waals surface area contributed by atoms with Gasteiger partial charge in [-0.3, -0.25) is 0 Å². The lowest BCUT2D eigenvalue weighted by molar-refractivity contribution is 0.249. The van der Waals surface area contributed by atoms with Crippen molar-refractivity contribution in [3.05, 3.63) is 0 Å². The molecule has 4 atom stereocenters. The van der Waals surface area contributed by atoms with Crippen LogP contribution in [0.25, 0.3) is 0 Å². The Balaban J connectivity index is 1.77. The fraction of sp³-hybridized carbons (Fsp3) is 1.00. The molecule has 1 aliphatic heterocycles. The molecule has 56 valence electrons. The third-order valence-electron chi connectivity index (χ3n) is 3.63. The van der Waals surface area contributed by atoms with Crippen LogP contribution < -0.4 is 0 Å². The van der Waals surface area contributed by atoms with E-state index in [0.717, 1.165) is 24.4 Å². The molecule has 0 spiro atoms. The van der Waals surface area contributed by atoms with Gasteiger partial charge in [-0.25, -0.2) is 0 Å². The van der Waals surface area contributed by atoms with E-state index in [2.05, 4.69) is 0 Å².